The molecule has 0 spiro atoms. The minimum atomic E-state index is -4.15. The van der Waals surface area contributed by atoms with E-state index in [4.69, 9.17) is 4.74 Å². The molecule has 1 rings (SSSR count). The average Bonchev–Trinajstić information content (AvgIpc) is 2.35. The Morgan fingerprint density at radius 1 is 1.16 bits per heavy atom. The van der Waals surface area contributed by atoms with Gasteiger partial charge in [-0.2, -0.15) is 13.2 Å². The highest BCUT2D eigenvalue weighted by Crippen LogP contribution is 2.19. The highest BCUT2D eigenvalue weighted by molar-refractivity contribution is 5.26. The van der Waals surface area contributed by atoms with Gasteiger partial charge in [-0.25, -0.2) is 0 Å². The van der Waals surface area contributed by atoms with Crippen LogP contribution in [0.25, 0.3) is 0 Å². The maximum Gasteiger partial charge on any atom is 0.391 e. The smallest absolute Gasteiger partial charge is 0.376 e. The van der Waals surface area contributed by atoms with Crippen LogP contribution in [0.1, 0.15) is 30.9 Å². The minimum absolute atomic E-state index is 0.222. The summed E-state index contributed by atoms with van der Waals surface area (Å²) in [6.45, 7) is 3.65. The summed E-state index contributed by atoms with van der Waals surface area (Å²) in [4.78, 5) is 0. The molecule has 0 bridgehead atoms. The van der Waals surface area contributed by atoms with Gasteiger partial charge in [-0.05, 0) is 24.1 Å². The Hall–Kier alpha value is -1.07. The lowest BCUT2D eigenvalue weighted by Crippen LogP contribution is -2.16. The van der Waals surface area contributed by atoms with Crippen LogP contribution in [0.5, 0.6) is 0 Å². The van der Waals surface area contributed by atoms with E-state index >= 15 is 0 Å². The summed E-state index contributed by atoms with van der Waals surface area (Å²) < 4.78 is 41.0. The standard InChI is InChI=1S/C14H20F3NO/c1-2-8-18-10-12-5-3-4-6-13(12)11-19-9-7-14(15,16)17/h3-6,18H,2,7-11H2,1H3. The first kappa shape index (κ1) is 16.0. The van der Waals surface area contributed by atoms with Crippen LogP contribution in [0, 0.1) is 0 Å². The van der Waals surface area contributed by atoms with Gasteiger partial charge in [-0.15, -0.1) is 0 Å². The van der Waals surface area contributed by atoms with Crippen molar-refractivity contribution in [2.75, 3.05) is 13.2 Å². The Bertz CT molecular complexity index is 366. The van der Waals surface area contributed by atoms with Gasteiger partial charge in [0.1, 0.15) is 0 Å². The fraction of sp³-hybridized carbons (Fsp3) is 0.571. The third-order valence-electron chi connectivity index (χ3n) is 2.65. The number of hydrogen-bond acceptors (Lipinski definition) is 2. The molecule has 0 aliphatic rings. The van der Waals surface area contributed by atoms with Crippen LogP contribution in [-0.4, -0.2) is 19.3 Å². The van der Waals surface area contributed by atoms with Crippen molar-refractivity contribution in [3.05, 3.63) is 35.4 Å². The highest BCUT2D eigenvalue weighted by Gasteiger charge is 2.26. The van der Waals surface area contributed by atoms with Gasteiger partial charge in [-0.1, -0.05) is 31.2 Å². The van der Waals surface area contributed by atoms with Crippen LogP contribution in [0.2, 0.25) is 0 Å². The number of nitrogens with one attached hydrogen (secondary N) is 1. The molecule has 0 aliphatic heterocycles. The van der Waals surface area contributed by atoms with E-state index in [1.165, 1.54) is 0 Å². The molecule has 0 aromatic heterocycles. The van der Waals surface area contributed by atoms with E-state index in [1.54, 1.807) is 0 Å². The molecule has 0 fully saturated rings. The van der Waals surface area contributed by atoms with E-state index in [2.05, 4.69) is 12.2 Å². The molecule has 0 saturated carbocycles. The molecule has 0 heterocycles. The second kappa shape index (κ2) is 8.17. The first-order valence-electron chi connectivity index (χ1n) is 6.45. The molecule has 108 valence electrons. The first-order chi connectivity index (χ1) is 9.03. The lowest BCUT2D eigenvalue weighted by atomic mass is 10.1. The maximum atomic E-state index is 12.0. The van der Waals surface area contributed by atoms with Crippen molar-refractivity contribution in [1.29, 1.82) is 0 Å². The number of rotatable bonds is 8. The molecule has 1 aromatic carbocycles. The van der Waals surface area contributed by atoms with E-state index in [0.717, 1.165) is 24.1 Å². The van der Waals surface area contributed by atoms with E-state index in [0.29, 0.717) is 6.54 Å². The van der Waals surface area contributed by atoms with Crippen molar-refractivity contribution in [1.82, 2.24) is 5.32 Å². The third-order valence-corrected chi connectivity index (χ3v) is 2.65. The number of alkyl halides is 3. The van der Waals surface area contributed by atoms with Crippen LogP contribution >= 0.6 is 0 Å². The summed E-state index contributed by atoms with van der Waals surface area (Å²) in [5, 5.41) is 3.27. The molecule has 2 nitrogen and oxygen atoms in total. The number of halogens is 3. The Kier molecular flexibility index (Phi) is 6.87. The van der Waals surface area contributed by atoms with Crippen LogP contribution in [0.4, 0.5) is 13.2 Å². The van der Waals surface area contributed by atoms with Crippen LogP contribution < -0.4 is 5.32 Å². The molecular formula is C14H20F3NO. The molecular weight excluding hydrogens is 255 g/mol. The summed E-state index contributed by atoms with van der Waals surface area (Å²) in [7, 11) is 0. The first-order valence-corrected chi connectivity index (χ1v) is 6.45. The monoisotopic (exact) mass is 275 g/mol. The Labute approximate surface area is 112 Å². The van der Waals surface area contributed by atoms with Crippen molar-refractivity contribution in [2.45, 2.75) is 39.1 Å². The van der Waals surface area contributed by atoms with Crippen molar-refractivity contribution in [2.24, 2.45) is 0 Å². The third kappa shape index (κ3) is 7.18. The quantitative estimate of drug-likeness (QED) is 0.731. The van der Waals surface area contributed by atoms with Gasteiger partial charge in [0.2, 0.25) is 0 Å². The van der Waals surface area contributed by atoms with Gasteiger partial charge in [0.05, 0.1) is 19.6 Å². The molecule has 0 atom stereocenters. The molecule has 5 heteroatoms. The van der Waals surface area contributed by atoms with Gasteiger partial charge in [0, 0.05) is 6.54 Å². The SMILES string of the molecule is CCCNCc1ccccc1COCCC(F)(F)F. The van der Waals surface area contributed by atoms with Crippen molar-refractivity contribution in [3.63, 3.8) is 0 Å². The zero-order chi connectivity index (χ0) is 14.1. The van der Waals surface area contributed by atoms with E-state index in [-0.39, 0.29) is 13.2 Å². The lowest BCUT2D eigenvalue weighted by molar-refractivity contribution is -0.146. The van der Waals surface area contributed by atoms with Gasteiger partial charge < -0.3 is 10.1 Å². The van der Waals surface area contributed by atoms with E-state index < -0.39 is 12.6 Å². The summed E-state index contributed by atoms with van der Waals surface area (Å²) >= 11 is 0. The maximum absolute atomic E-state index is 12.0. The fourth-order valence-corrected chi connectivity index (χ4v) is 1.64. The zero-order valence-electron chi connectivity index (χ0n) is 11.1. The van der Waals surface area contributed by atoms with Crippen LogP contribution in [0.15, 0.2) is 24.3 Å². The lowest BCUT2D eigenvalue weighted by Gasteiger charge is -2.11. The Morgan fingerprint density at radius 2 is 1.84 bits per heavy atom. The average molecular weight is 275 g/mol. The summed E-state index contributed by atoms with van der Waals surface area (Å²) in [5.74, 6) is 0. The van der Waals surface area contributed by atoms with Crippen LogP contribution in [0.3, 0.4) is 0 Å². The van der Waals surface area contributed by atoms with Gasteiger partial charge in [0.15, 0.2) is 0 Å². The largest absolute Gasteiger partial charge is 0.391 e. The summed E-state index contributed by atoms with van der Waals surface area (Å²) in [6.07, 6.45) is -4.00. The molecule has 0 amide bonds. The number of hydrogen-bond donors (Lipinski definition) is 1. The fourth-order valence-electron chi connectivity index (χ4n) is 1.64. The Morgan fingerprint density at radius 3 is 2.47 bits per heavy atom. The minimum Gasteiger partial charge on any atom is -0.376 e. The topological polar surface area (TPSA) is 21.3 Å². The van der Waals surface area contributed by atoms with Gasteiger partial charge in [-0.3, -0.25) is 0 Å². The van der Waals surface area contributed by atoms with E-state index in [9.17, 15) is 13.2 Å². The molecule has 19 heavy (non-hydrogen) atoms. The molecule has 0 saturated heterocycles. The molecule has 1 aromatic rings. The predicted octanol–water partition coefficient (Wildman–Crippen LogP) is 3.66. The van der Waals surface area contributed by atoms with Gasteiger partial charge >= 0.3 is 6.18 Å². The molecule has 1 N–H and O–H groups in total. The summed E-state index contributed by atoms with van der Waals surface area (Å²) in [6, 6.07) is 7.63. The number of benzene rings is 1. The van der Waals surface area contributed by atoms with Crippen molar-refractivity contribution in [3.8, 4) is 0 Å². The second-order valence-corrected chi connectivity index (χ2v) is 4.36. The highest BCUT2D eigenvalue weighted by atomic mass is 19.4. The zero-order valence-corrected chi connectivity index (χ0v) is 11.1. The van der Waals surface area contributed by atoms with Gasteiger partial charge in [0.25, 0.3) is 0 Å². The van der Waals surface area contributed by atoms with Crippen molar-refractivity contribution >= 4 is 0 Å². The second-order valence-electron chi connectivity index (χ2n) is 4.36. The van der Waals surface area contributed by atoms with Crippen molar-refractivity contribution < 1.29 is 17.9 Å². The number of ether oxygens (including phenoxy) is 1. The Balaban J connectivity index is 2.39. The molecule has 0 aliphatic carbocycles. The molecule has 0 radical (unpaired) electrons. The summed E-state index contributed by atoms with van der Waals surface area (Å²) in [5.41, 5.74) is 2.01. The normalized spacial score (nSPS) is 11.8. The molecule has 0 unspecified atom stereocenters. The van der Waals surface area contributed by atoms with E-state index in [1.807, 2.05) is 24.3 Å². The predicted molar refractivity (Wildman–Crippen MR) is 68.8 cm³/mol. The van der Waals surface area contributed by atoms with Crippen LogP contribution in [-0.2, 0) is 17.9 Å².